The van der Waals surface area contributed by atoms with Crippen LogP contribution < -0.4 is 0 Å². The summed E-state index contributed by atoms with van der Waals surface area (Å²) in [6.07, 6.45) is 5.98. The molecular formula is C21H14N6O3. The van der Waals surface area contributed by atoms with Gasteiger partial charge in [0.1, 0.15) is 17.7 Å². The van der Waals surface area contributed by atoms with E-state index in [0.29, 0.717) is 22.8 Å². The molecule has 0 saturated carbocycles. The minimum Gasteiger partial charge on any atom is -0.441 e. The Balaban J connectivity index is 0.000000161. The highest BCUT2D eigenvalue weighted by molar-refractivity contribution is 5.82. The fourth-order valence-electron chi connectivity index (χ4n) is 2.88. The van der Waals surface area contributed by atoms with E-state index in [1.165, 1.54) is 29.5 Å². The molecule has 0 radical (unpaired) electrons. The van der Waals surface area contributed by atoms with Crippen LogP contribution in [0.3, 0.4) is 0 Å². The average molecular weight is 398 g/mol. The third-order valence-electron chi connectivity index (χ3n) is 4.24. The molecule has 6 rings (SSSR count). The summed E-state index contributed by atoms with van der Waals surface area (Å²) in [4.78, 5) is 8.30. The van der Waals surface area contributed by atoms with Gasteiger partial charge in [0.2, 0.25) is 0 Å². The number of rotatable bonds is 3. The molecule has 0 atom stereocenters. The first-order valence-electron chi connectivity index (χ1n) is 9.00. The van der Waals surface area contributed by atoms with Gasteiger partial charge in [0, 0.05) is 11.5 Å². The fourth-order valence-corrected chi connectivity index (χ4v) is 2.88. The first-order chi connectivity index (χ1) is 14.9. The lowest BCUT2D eigenvalue weighted by atomic mass is 10.1. The standard InChI is InChI=1S/C11H6N6O3.C10H8/c1-2-13-15-6(1)9-8(7-5-19-17-16-7)14-11(20-9)10-12-3-4-18-10;1-2-6-10-8-4-3-7-9(10)5-1/h1-5H,(H,13,15);1-8H. The number of fused-ring (bicyclic) bond motifs is 1. The number of oxazole rings is 2. The van der Waals surface area contributed by atoms with Gasteiger partial charge in [0.15, 0.2) is 17.7 Å². The number of hydrogen-bond donors (Lipinski definition) is 1. The van der Waals surface area contributed by atoms with E-state index in [0.717, 1.165) is 0 Å². The molecule has 0 saturated heterocycles. The van der Waals surface area contributed by atoms with Gasteiger partial charge < -0.3 is 13.4 Å². The Morgan fingerprint density at radius 2 is 1.60 bits per heavy atom. The summed E-state index contributed by atoms with van der Waals surface area (Å²) in [6.45, 7) is 0. The third kappa shape index (κ3) is 3.47. The average Bonchev–Trinajstić information content (AvgIpc) is 3.58. The molecule has 9 heteroatoms. The van der Waals surface area contributed by atoms with Crippen LogP contribution in [0.25, 0.3) is 45.4 Å². The van der Waals surface area contributed by atoms with Crippen LogP contribution in [0.15, 0.2) is 92.9 Å². The Hall–Kier alpha value is -4.53. The molecule has 4 aromatic heterocycles. The lowest BCUT2D eigenvalue weighted by Gasteiger charge is -1.92. The summed E-state index contributed by atoms with van der Waals surface area (Å²) in [5, 5.41) is 16.6. The van der Waals surface area contributed by atoms with Crippen LogP contribution in [0.2, 0.25) is 0 Å². The summed E-state index contributed by atoms with van der Waals surface area (Å²) in [5.41, 5.74) is 1.46. The molecule has 146 valence electrons. The highest BCUT2D eigenvalue weighted by atomic mass is 16.5. The maximum atomic E-state index is 5.67. The highest BCUT2D eigenvalue weighted by Crippen LogP contribution is 2.33. The van der Waals surface area contributed by atoms with Gasteiger partial charge in [-0.2, -0.15) is 5.10 Å². The number of benzene rings is 2. The quantitative estimate of drug-likeness (QED) is 0.459. The molecular weight excluding hydrogens is 384 g/mol. The van der Waals surface area contributed by atoms with Crippen LogP contribution in [-0.4, -0.2) is 30.5 Å². The lowest BCUT2D eigenvalue weighted by Crippen LogP contribution is -1.83. The molecule has 0 aliphatic heterocycles. The van der Waals surface area contributed by atoms with Gasteiger partial charge in [-0.1, -0.05) is 48.5 Å². The molecule has 0 bridgehead atoms. The summed E-state index contributed by atoms with van der Waals surface area (Å²) < 4.78 is 15.6. The van der Waals surface area contributed by atoms with Crippen molar-refractivity contribution in [2.45, 2.75) is 0 Å². The zero-order valence-corrected chi connectivity index (χ0v) is 15.5. The second kappa shape index (κ2) is 7.84. The van der Waals surface area contributed by atoms with Gasteiger partial charge in [-0.15, -0.1) is 5.10 Å². The van der Waals surface area contributed by atoms with Crippen LogP contribution >= 0.6 is 0 Å². The van der Waals surface area contributed by atoms with Gasteiger partial charge in [0.05, 0.1) is 6.20 Å². The predicted octanol–water partition coefficient (Wildman–Crippen LogP) is 4.61. The normalized spacial score (nSPS) is 10.7. The monoisotopic (exact) mass is 398 g/mol. The smallest absolute Gasteiger partial charge is 0.284 e. The predicted molar refractivity (Wildman–Crippen MR) is 107 cm³/mol. The van der Waals surface area contributed by atoms with Gasteiger partial charge >= 0.3 is 0 Å². The Morgan fingerprint density at radius 1 is 0.833 bits per heavy atom. The van der Waals surface area contributed by atoms with E-state index in [-0.39, 0.29) is 11.8 Å². The van der Waals surface area contributed by atoms with E-state index in [2.05, 4.69) is 79.1 Å². The molecule has 9 nitrogen and oxygen atoms in total. The van der Waals surface area contributed by atoms with E-state index in [9.17, 15) is 0 Å². The number of hydrogen-bond acceptors (Lipinski definition) is 8. The third-order valence-corrected chi connectivity index (χ3v) is 4.24. The first-order valence-corrected chi connectivity index (χ1v) is 9.00. The number of aromatic nitrogens is 6. The Kier molecular flexibility index (Phi) is 4.59. The number of H-pyrrole nitrogens is 1. The second-order valence-corrected chi connectivity index (χ2v) is 6.13. The van der Waals surface area contributed by atoms with E-state index >= 15 is 0 Å². The number of aromatic amines is 1. The molecule has 6 aromatic rings. The highest BCUT2D eigenvalue weighted by Gasteiger charge is 2.23. The van der Waals surface area contributed by atoms with Crippen LogP contribution in [0.5, 0.6) is 0 Å². The van der Waals surface area contributed by atoms with Crippen LogP contribution in [0.1, 0.15) is 0 Å². The molecule has 2 aromatic carbocycles. The SMILES string of the molecule is c1ccc2ccccc2c1.c1coc(-c2nc(-c3conn3)c(-c3cc[nH]n3)o2)n1. The maximum absolute atomic E-state index is 5.67. The van der Waals surface area contributed by atoms with Gasteiger partial charge in [0.25, 0.3) is 11.8 Å². The molecule has 30 heavy (non-hydrogen) atoms. The van der Waals surface area contributed by atoms with E-state index in [4.69, 9.17) is 13.4 Å². The van der Waals surface area contributed by atoms with E-state index in [1.54, 1.807) is 12.3 Å². The van der Waals surface area contributed by atoms with Crippen molar-refractivity contribution < 1.29 is 13.4 Å². The van der Waals surface area contributed by atoms with Crippen LogP contribution in [0, 0.1) is 0 Å². The lowest BCUT2D eigenvalue weighted by molar-refractivity contribution is 0.393. The van der Waals surface area contributed by atoms with Crippen molar-refractivity contribution in [2.75, 3.05) is 0 Å². The molecule has 0 spiro atoms. The minimum atomic E-state index is 0.228. The van der Waals surface area contributed by atoms with Gasteiger partial charge in [-0.05, 0) is 16.8 Å². The van der Waals surface area contributed by atoms with Crippen molar-refractivity contribution in [2.24, 2.45) is 0 Å². The van der Waals surface area contributed by atoms with Crippen molar-refractivity contribution in [3.8, 4) is 34.6 Å². The fraction of sp³-hybridized carbons (Fsp3) is 0. The van der Waals surface area contributed by atoms with Crippen molar-refractivity contribution >= 4 is 10.8 Å². The van der Waals surface area contributed by atoms with E-state index in [1.807, 2.05) is 0 Å². The van der Waals surface area contributed by atoms with Gasteiger partial charge in [-0.25, -0.2) is 9.97 Å². The topological polar surface area (TPSA) is 120 Å². The maximum Gasteiger partial charge on any atom is 0.284 e. The Bertz CT molecular complexity index is 1220. The van der Waals surface area contributed by atoms with Crippen molar-refractivity contribution in [3.63, 3.8) is 0 Å². The summed E-state index contributed by atoms with van der Waals surface area (Å²) >= 11 is 0. The molecule has 0 aliphatic carbocycles. The van der Waals surface area contributed by atoms with Crippen molar-refractivity contribution in [1.29, 1.82) is 0 Å². The Morgan fingerprint density at radius 3 is 2.17 bits per heavy atom. The molecule has 0 aliphatic rings. The van der Waals surface area contributed by atoms with Crippen LogP contribution in [-0.2, 0) is 0 Å². The van der Waals surface area contributed by atoms with Crippen LogP contribution in [0.4, 0.5) is 0 Å². The Labute approximate surface area is 169 Å². The van der Waals surface area contributed by atoms with Crippen molar-refractivity contribution in [3.05, 3.63) is 79.5 Å². The second-order valence-electron chi connectivity index (χ2n) is 6.13. The molecule has 0 amide bonds. The molecule has 4 heterocycles. The summed E-state index contributed by atoms with van der Waals surface area (Å²) in [5.74, 6) is 0.922. The van der Waals surface area contributed by atoms with E-state index < -0.39 is 0 Å². The molecule has 1 N–H and O–H groups in total. The van der Waals surface area contributed by atoms with Gasteiger partial charge in [-0.3, -0.25) is 5.10 Å². The van der Waals surface area contributed by atoms with Crippen molar-refractivity contribution in [1.82, 2.24) is 30.5 Å². The molecule has 0 fully saturated rings. The zero-order chi connectivity index (χ0) is 20.2. The minimum absolute atomic E-state index is 0.228. The molecule has 0 unspecified atom stereocenters. The summed E-state index contributed by atoms with van der Waals surface area (Å²) in [7, 11) is 0. The first kappa shape index (κ1) is 17.6. The summed E-state index contributed by atoms with van der Waals surface area (Å²) in [6, 6.07) is 18.5. The number of nitrogens with one attached hydrogen (secondary N) is 1. The zero-order valence-electron chi connectivity index (χ0n) is 15.5. The largest absolute Gasteiger partial charge is 0.441 e. The number of nitrogens with zero attached hydrogens (tertiary/aromatic N) is 5.